The van der Waals surface area contributed by atoms with Gasteiger partial charge in [-0.2, -0.15) is 0 Å². The van der Waals surface area contributed by atoms with E-state index < -0.39 is 0 Å². The number of rotatable bonds is 14. The smallest absolute Gasteiger partial charge is 0.309 e. The van der Waals surface area contributed by atoms with Crippen molar-refractivity contribution in [1.29, 1.82) is 0 Å². The normalized spacial score (nSPS) is 12.7. The number of ether oxygens (including phenoxy) is 2. The molecular formula is C27H36O4. The van der Waals surface area contributed by atoms with Crippen LogP contribution in [0.1, 0.15) is 69.9 Å². The zero-order chi connectivity index (χ0) is 22.3. The van der Waals surface area contributed by atoms with Gasteiger partial charge in [0.2, 0.25) is 0 Å². The molecule has 0 aliphatic heterocycles. The van der Waals surface area contributed by atoms with Crippen LogP contribution < -0.4 is 0 Å². The van der Waals surface area contributed by atoms with Crippen LogP contribution in [0.25, 0.3) is 0 Å². The van der Waals surface area contributed by atoms with E-state index in [-0.39, 0.29) is 43.4 Å². The van der Waals surface area contributed by atoms with Crippen LogP contribution in [0.5, 0.6) is 0 Å². The molecular weight excluding hydrogens is 388 g/mol. The lowest BCUT2D eigenvalue weighted by Gasteiger charge is -2.25. The summed E-state index contributed by atoms with van der Waals surface area (Å²) in [5.41, 5.74) is 1.93. The zero-order valence-corrected chi connectivity index (χ0v) is 18.9. The van der Waals surface area contributed by atoms with Crippen LogP contribution in [-0.2, 0) is 32.3 Å². The second-order valence-electron chi connectivity index (χ2n) is 8.05. The predicted octanol–water partition coefficient (Wildman–Crippen LogP) is 6.48. The summed E-state index contributed by atoms with van der Waals surface area (Å²) in [4.78, 5) is 25.3. The Balaban J connectivity index is 1.93. The summed E-state index contributed by atoms with van der Waals surface area (Å²) in [7, 11) is 0. The minimum Gasteiger partial charge on any atom is -0.461 e. The van der Waals surface area contributed by atoms with Crippen LogP contribution in [0.15, 0.2) is 60.7 Å². The van der Waals surface area contributed by atoms with E-state index >= 15 is 0 Å². The highest BCUT2D eigenvalue weighted by molar-refractivity contribution is 5.75. The third kappa shape index (κ3) is 9.37. The highest BCUT2D eigenvalue weighted by Crippen LogP contribution is 2.28. The molecule has 0 saturated heterocycles. The Morgan fingerprint density at radius 2 is 1.35 bits per heavy atom. The van der Waals surface area contributed by atoms with Gasteiger partial charge >= 0.3 is 11.9 Å². The van der Waals surface area contributed by atoms with Crippen molar-refractivity contribution in [3.63, 3.8) is 0 Å². The molecule has 0 saturated carbocycles. The molecule has 0 N–H and O–H groups in total. The van der Waals surface area contributed by atoms with E-state index in [1.807, 2.05) is 60.7 Å². The topological polar surface area (TPSA) is 52.6 Å². The Labute approximate surface area is 187 Å². The van der Waals surface area contributed by atoms with Crippen molar-refractivity contribution in [3.8, 4) is 0 Å². The molecule has 31 heavy (non-hydrogen) atoms. The fraction of sp³-hybridized carbons (Fsp3) is 0.481. The fourth-order valence-electron chi connectivity index (χ4n) is 3.81. The summed E-state index contributed by atoms with van der Waals surface area (Å²) < 4.78 is 11.1. The Morgan fingerprint density at radius 1 is 0.774 bits per heavy atom. The number of esters is 2. The molecule has 4 heteroatoms. The van der Waals surface area contributed by atoms with Crippen molar-refractivity contribution < 1.29 is 19.1 Å². The first kappa shape index (κ1) is 24.6. The lowest BCUT2D eigenvalue weighted by atomic mass is 9.82. The molecule has 0 aliphatic rings. The Bertz CT molecular complexity index is 757. The zero-order valence-electron chi connectivity index (χ0n) is 18.9. The second-order valence-corrected chi connectivity index (χ2v) is 8.05. The number of unbranched alkanes of at least 4 members (excludes halogenated alkanes) is 2. The SMILES string of the molecule is CCCCCC(CC)C(CCC(=O)OCc1ccccc1)C(=O)OCc1ccccc1. The molecule has 2 aromatic rings. The largest absolute Gasteiger partial charge is 0.461 e. The van der Waals surface area contributed by atoms with E-state index in [0.29, 0.717) is 6.42 Å². The highest BCUT2D eigenvalue weighted by atomic mass is 16.5. The molecule has 0 heterocycles. The number of hydrogen-bond acceptors (Lipinski definition) is 4. The average Bonchev–Trinajstić information content (AvgIpc) is 2.81. The van der Waals surface area contributed by atoms with Crippen LogP contribution in [0.2, 0.25) is 0 Å². The van der Waals surface area contributed by atoms with Gasteiger partial charge in [-0.1, -0.05) is 100 Å². The summed E-state index contributed by atoms with van der Waals surface area (Å²) in [6.45, 7) is 4.81. The van der Waals surface area contributed by atoms with Gasteiger partial charge in [-0.3, -0.25) is 9.59 Å². The minimum atomic E-state index is -0.283. The van der Waals surface area contributed by atoms with E-state index in [1.54, 1.807) is 0 Å². The van der Waals surface area contributed by atoms with Crippen molar-refractivity contribution in [2.24, 2.45) is 11.8 Å². The van der Waals surface area contributed by atoms with Gasteiger partial charge in [0.25, 0.3) is 0 Å². The lowest BCUT2D eigenvalue weighted by Crippen LogP contribution is -2.27. The molecule has 168 valence electrons. The van der Waals surface area contributed by atoms with Gasteiger partial charge in [0.05, 0.1) is 5.92 Å². The van der Waals surface area contributed by atoms with Crippen molar-refractivity contribution in [2.75, 3.05) is 0 Å². The fourth-order valence-corrected chi connectivity index (χ4v) is 3.81. The summed E-state index contributed by atoms with van der Waals surface area (Å²) >= 11 is 0. The molecule has 2 aromatic carbocycles. The number of benzene rings is 2. The molecule has 2 rings (SSSR count). The van der Waals surface area contributed by atoms with Gasteiger partial charge in [-0.05, 0) is 29.9 Å². The Kier molecular flexibility index (Phi) is 11.4. The molecule has 2 atom stereocenters. The summed E-state index contributed by atoms with van der Waals surface area (Å²) in [5.74, 6) is -0.539. The first-order chi connectivity index (χ1) is 15.1. The first-order valence-corrected chi connectivity index (χ1v) is 11.5. The van der Waals surface area contributed by atoms with E-state index in [0.717, 1.165) is 43.2 Å². The molecule has 0 bridgehead atoms. The molecule has 0 amide bonds. The van der Waals surface area contributed by atoms with Gasteiger partial charge in [0, 0.05) is 6.42 Å². The van der Waals surface area contributed by atoms with Crippen molar-refractivity contribution in [1.82, 2.24) is 0 Å². The first-order valence-electron chi connectivity index (χ1n) is 11.5. The van der Waals surface area contributed by atoms with E-state index in [2.05, 4.69) is 13.8 Å². The molecule has 4 nitrogen and oxygen atoms in total. The molecule has 2 unspecified atom stereocenters. The number of carbonyl (C=O) groups is 2. The van der Waals surface area contributed by atoms with Crippen molar-refractivity contribution >= 4 is 11.9 Å². The van der Waals surface area contributed by atoms with Gasteiger partial charge in [-0.15, -0.1) is 0 Å². The highest BCUT2D eigenvalue weighted by Gasteiger charge is 2.29. The maximum atomic E-state index is 13.0. The Morgan fingerprint density at radius 3 is 1.90 bits per heavy atom. The number of carbonyl (C=O) groups excluding carboxylic acids is 2. The van der Waals surface area contributed by atoms with Gasteiger partial charge < -0.3 is 9.47 Å². The van der Waals surface area contributed by atoms with E-state index in [9.17, 15) is 9.59 Å². The van der Waals surface area contributed by atoms with Crippen LogP contribution in [0, 0.1) is 11.8 Å². The van der Waals surface area contributed by atoms with Gasteiger partial charge in [0.15, 0.2) is 0 Å². The molecule has 0 spiro atoms. The minimum absolute atomic E-state index is 0.205. The molecule has 0 aromatic heterocycles. The van der Waals surface area contributed by atoms with Crippen molar-refractivity contribution in [2.45, 2.75) is 72.0 Å². The van der Waals surface area contributed by atoms with Gasteiger partial charge in [-0.25, -0.2) is 0 Å². The number of hydrogen-bond donors (Lipinski definition) is 0. The van der Waals surface area contributed by atoms with E-state index in [1.165, 1.54) is 0 Å². The van der Waals surface area contributed by atoms with Crippen LogP contribution >= 0.6 is 0 Å². The third-order valence-corrected chi connectivity index (χ3v) is 5.70. The van der Waals surface area contributed by atoms with Crippen LogP contribution in [0.4, 0.5) is 0 Å². The standard InChI is InChI=1S/C27H36O4/c1-3-5-8-17-24(4-2)25(27(29)31-21-23-15-11-7-12-16-23)18-19-26(28)30-20-22-13-9-6-10-14-22/h6-7,9-16,24-25H,3-5,8,17-21H2,1-2H3. The van der Waals surface area contributed by atoms with Gasteiger partial charge in [0.1, 0.15) is 13.2 Å². The summed E-state index contributed by atoms with van der Waals surface area (Å²) in [6, 6.07) is 19.3. The third-order valence-electron chi connectivity index (χ3n) is 5.70. The van der Waals surface area contributed by atoms with Crippen LogP contribution in [-0.4, -0.2) is 11.9 Å². The van der Waals surface area contributed by atoms with Crippen LogP contribution in [0.3, 0.4) is 0 Å². The average molecular weight is 425 g/mol. The maximum absolute atomic E-state index is 13.0. The maximum Gasteiger partial charge on any atom is 0.309 e. The second kappa shape index (κ2) is 14.4. The summed E-state index contributed by atoms with van der Waals surface area (Å²) in [6.07, 6.45) is 5.96. The quantitative estimate of drug-likeness (QED) is 0.257. The molecule has 0 radical (unpaired) electrons. The summed E-state index contributed by atoms with van der Waals surface area (Å²) in [5, 5.41) is 0. The lowest BCUT2D eigenvalue weighted by molar-refractivity contribution is -0.153. The molecule has 0 aliphatic carbocycles. The predicted molar refractivity (Wildman–Crippen MR) is 123 cm³/mol. The van der Waals surface area contributed by atoms with E-state index in [4.69, 9.17) is 9.47 Å². The van der Waals surface area contributed by atoms with Crippen molar-refractivity contribution in [3.05, 3.63) is 71.8 Å². The molecule has 0 fully saturated rings. The Hall–Kier alpha value is -2.62. The monoisotopic (exact) mass is 424 g/mol.